The Bertz CT molecular complexity index is 234. The maximum atomic E-state index is 11.0. The van der Waals surface area contributed by atoms with Crippen molar-refractivity contribution in [3.63, 3.8) is 0 Å². The van der Waals surface area contributed by atoms with Gasteiger partial charge in [0.05, 0.1) is 12.0 Å². The van der Waals surface area contributed by atoms with Crippen molar-refractivity contribution in [2.75, 3.05) is 19.6 Å². The SMILES string of the molecule is C[C@@H]1CN(CCC#N)C[C@H]1C(N)=O. The Morgan fingerprint density at radius 2 is 2.38 bits per heavy atom. The Balaban J connectivity index is 2.41. The number of hydrogen-bond acceptors (Lipinski definition) is 3. The van der Waals surface area contributed by atoms with Gasteiger partial charge in [0, 0.05) is 26.1 Å². The molecule has 2 atom stereocenters. The van der Waals surface area contributed by atoms with Crippen LogP contribution in [-0.2, 0) is 4.79 Å². The molecule has 0 aromatic heterocycles. The number of carbonyl (C=O) groups is 1. The fraction of sp³-hybridized carbons (Fsp3) is 0.778. The molecule has 0 spiro atoms. The van der Waals surface area contributed by atoms with Gasteiger partial charge in [0.15, 0.2) is 0 Å². The highest BCUT2D eigenvalue weighted by molar-refractivity contribution is 5.77. The summed E-state index contributed by atoms with van der Waals surface area (Å²) in [6.07, 6.45) is 0.526. The summed E-state index contributed by atoms with van der Waals surface area (Å²) in [4.78, 5) is 13.1. The summed E-state index contributed by atoms with van der Waals surface area (Å²) in [5.74, 6) is 0.0850. The van der Waals surface area contributed by atoms with E-state index in [2.05, 4.69) is 11.0 Å². The summed E-state index contributed by atoms with van der Waals surface area (Å²) in [5.41, 5.74) is 5.25. The van der Waals surface area contributed by atoms with Gasteiger partial charge in [-0.2, -0.15) is 5.26 Å². The first-order chi connectivity index (χ1) is 6.15. The molecule has 1 heterocycles. The van der Waals surface area contributed by atoms with E-state index >= 15 is 0 Å². The molecule has 1 fully saturated rings. The lowest BCUT2D eigenvalue weighted by molar-refractivity contribution is -0.122. The van der Waals surface area contributed by atoms with E-state index in [0.29, 0.717) is 12.3 Å². The zero-order valence-corrected chi connectivity index (χ0v) is 7.86. The van der Waals surface area contributed by atoms with Gasteiger partial charge in [-0.25, -0.2) is 0 Å². The highest BCUT2D eigenvalue weighted by atomic mass is 16.1. The van der Waals surface area contributed by atoms with Crippen molar-refractivity contribution in [1.82, 2.24) is 4.90 Å². The zero-order chi connectivity index (χ0) is 9.84. The third-order valence-electron chi connectivity index (χ3n) is 2.59. The number of nitrogens with two attached hydrogens (primary N) is 1. The quantitative estimate of drug-likeness (QED) is 0.663. The average Bonchev–Trinajstić information content (AvgIpc) is 2.43. The lowest BCUT2D eigenvalue weighted by atomic mass is 9.98. The number of hydrogen-bond donors (Lipinski definition) is 1. The Morgan fingerprint density at radius 1 is 1.69 bits per heavy atom. The normalized spacial score (nSPS) is 28.6. The molecule has 0 aromatic carbocycles. The number of nitriles is 1. The highest BCUT2D eigenvalue weighted by Crippen LogP contribution is 2.22. The second-order valence-corrected chi connectivity index (χ2v) is 3.65. The van der Waals surface area contributed by atoms with Gasteiger partial charge in [-0.3, -0.25) is 4.79 Å². The van der Waals surface area contributed by atoms with Crippen molar-refractivity contribution in [3.05, 3.63) is 0 Å². The van der Waals surface area contributed by atoms with Gasteiger partial charge in [-0.1, -0.05) is 6.92 Å². The fourth-order valence-corrected chi connectivity index (χ4v) is 1.83. The van der Waals surface area contributed by atoms with E-state index in [0.717, 1.165) is 19.6 Å². The average molecular weight is 181 g/mol. The van der Waals surface area contributed by atoms with Gasteiger partial charge in [0.2, 0.25) is 5.91 Å². The van der Waals surface area contributed by atoms with E-state index in [4.69, 9.17) is 11.0 Å². The molecular weight excluding hydrogens is 166 g/mol. The first kappa shape index (κ1) is 10.0. The largest absolute Gasteiger partial charge is 0.369 e. The summed E-state index contributed by atoms with van der Waals surface area (Å²) < 4.78 is 0. The predicted molar refractivity (Wildman–Crippen MR) is 48.5 cm³/mol. The van der Waals surface area contributed by atoms with Crippen LogP contribution in [0, 0.1) is 23.2 Å². The Labute approximate surface area is 78.3 Å². The molecule has 1 aliphatic rings. The van der Waals surface area contributed by atoms with Crippen LogP contribution in [0.4, 0.5) is 0 Å². The van der Waals surface area contributed by atoms with Crippen molar-refractivity contribution in [3.8, 4) is 6.07 Å². The molecule has 2 N–H and O–H groups in total. The van der Waals surface area contributed by atoms with Crippen LogP contribution in [0.3, 0.4) is 0 Å². The third kappa shape index (κ3) is 2.43. The van der Waals surface area contributed by atoms with E-state index in [1.807, 2.05) is 6.92 Å². The van der Waals surface area contributed by atoms with Gasteiger partial charge < -0.3 is 10.6 Å². The third-order valence-corrected chi connectivity index (χ3v) is 2.59. The van der Waals surface area contributed by atoms with Crippen LogP contribution in [0.15, 0.2) is 0 Å². The molecule has 1 aliphatic heterocycles. The number of primary amides is 1. The van der Waals surface area contributed by atoms with Gasteiger partial charge in [-0.15, -0.1) is 0 Å². The van der Waals surface area contributed by atoms with Gasteiger partial charge in [0.25, 0.3) is 0 Å². The fourth-order valence-electron chi connectivity index (χ4n) is 1.83. The maximum Gasteiger partial charge on any atom is 0.222 e. The van der Waals surface area contributed by atoms with Gasteiger partial charge >= 0.3 is 0 Å². The van der Waals surface area contributed by atoms with Crippen molar-refractivity contribution >= 4 is 5.91 Å². The van der Waals surface area contributed by atoms with Gasteiger partial charge in [0.1, 0.15) is 0 Å². The second kappa shape index (κ2) is 4.24. The first-order valence-electron chi connectivity index (χ1n) is 4.53. The predicted octanol–water partition coefficient (Wildman–Crippen LogP) is -0.0467. The van der Waals surface area contributed by atoms with Crippen molar-refractivity contribution < 1.29 is 4.79 Å². The smallest absolute Gasteiger partial charge is 0.222 e. The van der Waals surface area contributed by atoms with Crippen molar-refractivity contribution in [1.29, 1.82) is 5.26 Å². The maximum absolute atomic E-state index is 11.0. The summed E-state index contributed by atoms with van der Waals surface area (Å²) in [5, 5.41) is 8.40. The second-order valence-electron chi connectivity index (χ2n) is 3.65. The minimum Gasteiger partial charge on any atom is -0.369 e. The van der Waals surface area contributed by atoms with E-state index < -0.39 is 0 Å². The summed E-state index contributed by atoms with van der Waals surface area (Å²) in [7, 11) is 0. The van der Waals surface area contributed by atoms with Crippen LogP contribution < -0.4 is 5.73 Å². The lowest BCUT2D eigenvalue weighted by Crippen LogP contribution is -2.29. The molecule has 4 nitrogen and oxygen atoms in total. The molecular formula is C9H15N3O. The minimum absolute atomic E-state index is 0.0290. The Hall–Kier alpha value is -1.08. The topological polar surface area (TPSA) is 70.1 Å². The van der Waals surface area contributed by atoms with Crippen LogP contribution in [-0.4, -0.2) is 30.4 Å². The molecule has 72 valence electrons. The molecule has 0 aliphatic carbocycles. The van der Waals surface area contributed by atoms with Gasteiger partial charge in [-0.05, 0) is 5.92 Å². The number of amides is 1. The first-order valence-corrected chi connectivity index (χ1v) is 4.53. The number of nitrogens with zero attached hydrogens (tertiary/aromatic N) is 2. The van der Waals surface area contributed by atoms with Crippen LogP contribution >= 0.6 is 0 Å². The van der Waals surface area contributed by atoms with Crippen molar-refractivity contribution in [2.24, 2.45) is 17.6 Å². The molecule has 0 saturated carbocycles. The monoisotopic (exact) mass is 181 g/mol. The number of rotatable bonds is 3. The molecule has 1 saturated heterocycles. The molecule has 0 radical (unpaired) electrons. The summed E-state index contributed by atoms with van der Waals surface area (Å²) in [6, 6.07) is 2.10. The molecule has 1 amide bonds. The number of likely N-dealkylation sites (tertiary alicyclic amines) is 1. The lowest BCUT2D eigenvalue weighted by Gasteiger charge is -2.11. The molecule has 4 heteroatoms. The molecule has 1 rings (SSSR count). The van der Waals surface area contributed by atoms with Crippen LogP contribution in [0.1, 0.15) is 13.3 Å². The summed E-state index contributed by atoms with van der Waals surface area (Å²) >= 11 is 0. The Morgan fingerprint density at radius 3 is 2.85 bits per heavy atom. The molecule has 0 unspecified atom stereocenters. The zero-order valence-electron chi connectivity index (χ0n) is 7.86. The van der Waals surface area contributed by atoms with Crippen LogP contribution in [0.5, 0.6) is 0 Å². The highest BCUT2D eigenvalue weighted by Gasteiger charge is 2.32. The molecule has 0 aromatic rings. The van der Waals surface area contributed by atoms with E-state index in [9.17, 15) is 4.79 Å². The Kier molecular flexibility index (Phi) is 3.26. The molecule has 0 bridgehead atoms. The standard InChI is InChI=1S/C9H15N3O/c1-7-5-12(4-2-3-10)6-8(7)9(11)13/h7-8H,2,4-6H2,1H3,(H2,11,13)/t7-,8-/m1/s1. The summed E-state index contributed by atoms with van der Waals surface area (Å²) in [6.45, 7) is 4.39. The van der Waals surface area contributed by atoms with Crippen LogP contribution in [0.2, 0.25) is 0 Å². The number of carbonyl (C=O) groups excluding carboxylic acids is 1. The molecule has 13 heavy (non-hydrogen) atoms. The minimum atomic E-state index is -0.216. The van der Waals surface area contributed by atoms with Crippen molar-refractivity contribution in [2.45, 2.75) is 13.3 Å². The van der Waals surface area contributed by atoms with E-state index in [1.165, 1.54) is 0 Å². The van der Waals surface area contributed by atoms with E-state index in [-0.39, 0.29) is 11.8 Å². The van der Waals surface area contributed by atoms with Crippen LogP contribution in [0.25, 0.3) is 0 Å². The van der Waals surface area contributed by atoms with E-state index in [1.54, 1.807) is 0 Å².